The first-order chi connectivity index (χ1) is 6.24. The van der Waals surface area contributed by atoms with E-state index in [1.807, 2.05) is 23.1 Å². The molecule has 13 heavy (non-hydrogen) atoms. The van der Waals surface area contributed by atoms with Crippen LogP contribution in [-0.4, -0.2) is 6.26 Å². The van der Waals surface area contributed by atoms with Crippen molar-refractivity contribution in [1.82, 2.24) is 0 Å². The molecule has 0 saturated carbocycles. The van der Waals surface area contributed by atoms with Crippen LogP contribution in [0.2, 0.25) is 0 Å². The average Bonchev–Trinajstić information content (AvgIpc) is 2.53. The molecule has 2 rings (SSSR count). The maximum absolute atomic E-state index is 2.41. The number of hydrogen-bond acceptors (Lipinski definition) is 2. The normalized spacial score (nSPS) is 11.0. The highest BCUT2D eigenvalue weighted by molar-refractivity contribution is 14.1. The lowest BCUT2D eigenvalue weighted by Gasteiger charge is -2.04. The van der Waals surface area contributed by atoms with Crippen LogP contribution in [0.3, 0.4) is 0 Å². The molecule has 0 bridgehead atoms. The van der Waals surface area contributed by atoms with Gasteiger partial charge in [0.25, 0.3) is 0 Å². The summed E-state index contributed by atoms with van der Waals surface area (Å²) in [4.78, 5) is 1.41. The summed E-state index contributed by atoms with van der Waals surface area (Å²) < 4.78 is 4.15. The first-order valence-corrected chi connectivity index (χ1v) is 7.89. The minimum absolute atomic E-state index is 1.36. The minimum atomic E-state index is 1.36. The molecule has 1 heterocycles. The Balaban J connectivity index is 2.88. The van der Waals surface area contributed by atoms with Crippen LogP contribution >= 0.6 is 68.3 Å². The molecule has 0 fully saturated rings. The van der Waals surface area contributed by atoms with Crippen LogP contribution < -0.4 is 0 Å². The molecule has 0 unspecified atom stereocenters. The van der Waals surface area contributed by atoms with Gasteiger partial charge in [0.2, 0.25) is 0 Å². The quantitative estimate of drug-likeness (QED) is 0.460. The van der Waals surface area contributed by atoms with Gasteiger partial charge in [0.1, 0.15) is 0 Å². The molecule has 0 aliphatic rings. The van der Waals surface area contributed by atoms with E-state index in [0.717, 1.165) is 0 Å². The standard InChI is InChI=1S/C9H6I2S2/c1-12-8-5-2-3-13-9(5)7(11)4-6(8)10/h2-4H,1H3. The molecule has 0 aliphatic carbocycles. The van der Waals surface area contributed by atoms with Crippen LogP contribution in [0.1, 0.15) is 0 Å². The van der Waals surface area contributed by atoms with Gasteiger partial charge in [-0.05, 0) is 69.0 Å². The maximum atomic E-state index is 2.41. The predicted octanol–water partition coefficient (Wildman–Crippen LogP) is 4.83. The Labute approximate surface area is 113 Å². The van der Waals surface area contributed by atoms with E-state index >= 15 is 0 Å². The topological polar surface area (TPSA) is 0 Å². The Morgan fingerprint density at radius 1 is 1.31 bits per heavy atom. The number of hydrogen-bond donors (Lipinski definition) is 0. The van der Waals surface area contributed by atoms with Gasteiger partial charge in [-0.2, -0.15) is 0 Å². The van der Waals surface area contributed by atoms with Gasteiger partial charge in [-0.1, -0.05) is 0 Å². The second-order valence-corrected chi connectivity index (χ2v) is 6.59. The number of thioether (sulfide) groups is 1. The largest absolute Gasteiger partial charge is 0.143 e. The predicted molar refractivity (Wildman–Crippen MR) is 79.0 cm³/mol. The zero-order chi connectivity index (χ0) is 9.42. The van der Waals surface area contributed by atoms with Crippen molar-refractivity contribution >= 4 is 78.4 Å². The summed E-state index contributed by atoms with van der Waals surface area (Å²) in [5.74, 6) is 0. The number of fused-ring (bicyclic) bond motifs is 1. The summed E-state index contributed by atoms with van der Waals surface area (Å²) in [5.41, 5.74) is 0. The lowest BCUT2D eigenvalue weighted by atomic mass is 10.3. The summed E-state index contributed by atoms with van der Waals surface area (Å²) in [7, 11) is 0. The van der Waals surface area contributed by atoms with Gasteiger partial charge in [-0.15, -0.1) is 23.1 Å². The molecule has 0 N–H and O–H groups in total. The van der Waals surface area contributed by atoms with E-state index in [9.17, 15) is 0 Å². The molecule has 4 heteroatoms. The third-order valence-corrected chi connectivity index (χ3v) is 6.03. The molecule has 1 aromatic carbocycles. The van der Waals surface area contributed by atoms with E-state index in [1.54, 1.807) is 0 Å². The van der Waals surface area contributed by atoms with Crippen molar-refractivity contribution in [1.29, 1.82) is 0 Å². The molecule has 2 aromatic rings. The third-order valence-electron chi connectivity index (χ3n) is 1.80. The average molecular weight is 432 g/mol. The highest BCUT2D eigenvalue weighted by atomic mass is 127. The second kappa shape index (κ2) is 4.24. The molecular weight excluding hydrogens is 426 g/mol. The van der Waals surface area contributed by atoms with Crippen LogP contribution in [0.15, 0.2) is 22.4 Å². The SMILES string of the molecule is CSc1c(I)cc(I)c2sccc12. The maximum Gasteiger partial charge on any atom is 0.0488 e. The molecule has 0 nitrogen and oxygen atoms in total. The number of thiophene rings is 1. The van der Waals surface area contributed by atoms with Crippen LogP contribution in [0.5, 0.6) is 0 Å². The summed E-state index contributed by atoms with van der Waals surface area (Å²) in [6, 6.07) is 4.47. The molecule has 0 radical (unpaired) electrons. The van der Waals surface area contributed by atoms with E-state index in [4.69, 9.17) is 0 Å². The molecule has 1 aromatic heterocycles. The number of benzene rings is 1. The van der Waals surface area contributed by atoms with Crippen LogP contribution in [0.25, 0.3) is 10.1 Å². The van der Waals surface area contributed by atoms with Gasteiger partial charge in [0, 0.05) is 22.1 Å². The van der Waals surface area contributed by atoms with Crippen molar-refractivity contribution in [3.8, 4) is 0 Å². The summed E-state index contributed by atoms with van der Waals surface area (Å²) in [5, 5.41) is 3.58. The van der Waals surface area contributed by atoms with E-state index in [-0.39, 0.29) is 0 Å². The minimum Gasteiger partial charge on any atom is -0.143 e. The van der Waals surface area contributed by atoms with E-state index < -0.39 is 0 Å². The van der Waals surface area contributed by atoms with Crippen molar-refractivity contribution in [3.05, 3.63) is 24.7 Å². The molecule has 0 aliphatic heterocycles. The molecule has 0 atom stereocenters. The van der Waals surface area contributed by atoms with Gasteiger partial charge in [0.15, 0.2) is 0 Å². The van der Waals surface area contributed by atoms with Crippen molar-refractivity contribution in [2.45, 2.75) is 4.90 Å². The third kappa shape index (κ3) is 1.87. The van der Waals surface area contributed by atoms with Gasteiger partial charge in [0.05, 0.1) is 0 Å². The molecule has 68 valence electrons. The Kier molecular flexibility index (Phi) is 3.43. The van der Waals surface area contributed by atoms with Crippen LogP contribution in [0, 0.1) is 7.14 Å². The van der Waals surface area contributed by atoms with Crippen LogP contribution in [-0.2, 0) is 0 Å². The van der Waals surface area contributed by atoms with Crippen molar-refractivity contribution in [2.75, 3.05) is 6.26 Å². The van der Waals surface area contributed by atoms with Gasteiger partial charge < -0.3 is 0 Å². The lowest BCUT2D eigenvalue weighted by Crippen LogP contribution is -1.81. The molecular formula is C9H6I2S2. The fourth-order valence-electron chi connectivity index (χ4n) is 1.25. The Morgan fingerprint density at radius 2 is 2.08 bits per heavy atom. The lowest BCUT2D eigenvalue weighted by molar-refractivity contribution is 1.48. The van der Waals surface area contributed by atoms with Gasteiger partial charge in [-0.3, -0.25) is 0 Å². The Hall–Kier alpha value is 0.990. The number of rotatable bonds is 1. The van der Waals surface area contributed by atoms with E-state index in [2.05, 4.69) is 69.0 Å². The summed E-state index contributed by atoms with van der Waals surface area (Å²) >= 11 is 8.48. The second-order valence-electron chi connectivity index (χ2n) is 2.54. The number of halogens is 2. The van der Waals surface area contributed by atoms with E-state index in [0.29, 0.717) is 0 Å². The highest BCUT2D eigenvalue weighted by Gasteiger charge is 2.08. The van der Waals surface area contributed by atoms with E-state index in [1.165, 1.54) is 22.1 Å². The Bertz CT molecular complexity index is 448. The van der Waals surface area contributed by atoms with Crippen molar-refractivity contribution < 1.29 is 0 Å². The first kappa shape index (κ1) is 10.5. The Morgan fingerprint density at radius 3 is 2.77 bits per heavy atom. The molecule has 0 saturated heterocycles. The van der Waals surface area contributed by atoms with Crippen molar-refractivity contribution in [2.24, 2.45) is 0 Å². The van der Waals surface area contributed by atoms with Gasteiger partial charge in [-0.25, -0.2) is 0 Å². The zero-order valence-corrected chi connectivity index (χ0v) is 12.8. The monoisotopic (exact) mass is 432 g/mol. The smallest absolute Gasteiger partial charge is 0.0488 e. The first-order valence-electron chi connectivity index (χ1n) is 3.63. The highest BCUT2D eigenvalue weighted by Crippen LogP contribution is 2.36. The summed E-state index contributed by atoms with van der Waals surface area (Å²) in [6.45, 7) is 0. The fourth-order valence-corrected chi connectivity index (χ4v) is 5.61. The molecule has 0 spiro atoms. The van der Waals surface area contributed by atoms with Crippen LogP contribution in [0.4, 0.5) is 0 Å². The summed E-state index contributed by atoms with van der Waals surface area (Å²) in [6.07, 6.45) is 2.14. The fraction of sp³-hybridized carbons (Fsp3) is 0.111. The van der Waals surface area contributed by atoms with Crippen molar-refractivity contribution in [3.63, 3.8) is 0 Å². The zero-order valence-electron chi connectivity index (χ0n) is 6.80. The van der Waals surface area contributed by atoms with Gasteiger partial charge >= 0.3 is 0 Å². The molecule has 0 amide bonds.